The fourth-order valence-electron chi connectivity index (χ4n) is 1.58. The molecule has 0 aromatic heterocycles. The third-order valence-corrected chi connectivity index (χ3v) is 2.46. The average Bonchev–Trinajstić information content (AvgIpc) is 2.31. The first-order chi connectivity index (χ1) is 8.97. The van der Waals surface area contributed by atoms with E-state index in [0.29, 0.717) is 6.42 Å². The lowest BCUT2D eigenvalue weighted by Gasteiger charge is -2.14. The Bertz CT molecular complexity index is 434. The number of urea groups is 1. The van der Waals surface area contributed by atoms with Gasteiger partial charge in [-0.2, -0.15) is 0 Å². The second kappa shape index (κ2) is 7.35. The summed E-state index contributed by atoms with van der Waals surface area (Å²) in [6, 6.07) is 5.53. The normalized spacial score (nSPS) is 11.7. The van der Waals surface area contributed by atoms with E-state index < -0.39 is 12.0 Å². The zero-order valence-corrected chi connectivity index (χ0v) is 10.6. The topological polar surface area (TPSA) is 78.4 Å². The molecular weight excluding hydrogens is 251 g/mol. The van der Waals surface area contributed by atoms with Gasteiger partial charge in [-0.05, 0) is 31.0 Å². The molecule has 0 aliphatic carbocycles. The maximum absolute atomic E-state index is 12.7. The fourth-order valence-corrected chi connectivity index (χ4v) is 1.58. The number of rotatable bonds is 6. The van der Waals surface area contributed by atoms with Crippen molar-refractivity contribution in [3.8, 4) is 0 Å². The number of nitrogens with one attached hydrogen (secondary N) is 2. The Morgan fingerprint density at radius 1 is 1.32 bits per heavy atom. The molecule has 1 atom stereocenters. The van der Waals surface area contributed by atoms with Crippen LogP contribution in [0, 0.1) is 5.82 Å². The summed E-state index contributed by atoms with van der Waals surface area (Å²) in [5, 5.41) is 13.6. The summed E-state index contributed by atoms with van der Waals surface area (Å²) in [4.78, 5) is 21.7. The summed E-state index contributed by atoms with van der Waals surface area (Å²) >= 11 is 0. The van der Waals surface area contributed by atoms with E-state index in [2.05, 4.69) is 10.6 Å². The molecule has 104 valence electrons. The van der Waals surface area contributed by atoms with E-state index in [1.54, 1.807) is 12.1 Å². The summed E-state index contributed by atoms with van der Waals surface area (Å²) in [5.74, 6) is -1.25. The highest BCUT2D eigenvalue weighted by Crippen LogP contribution is 2.05. The predicted octanol–water partition coefficient (Wildman–Crippen LogP) is 1.53. The zero-order valence-electron chi connectivity index (χ0n) is 10.6. The van der Waals surface area contributed by atoms with Gasteiger partial charge in [-0.15, -0.1) is 0 Å². The minimum absolute atomic E-state index is 0.0877. The summed E-state index contributed by atoms with van der Waals surface area (Å²) < 4.78 is 12.7. The highest BCUT2D eigenvalue weighted by Gasteiger charge is 2.08. The van der Waals surface area contributed by atoms with Crippen molar-refractivity contribution in [2.45, 2.75) is 25.8 Å². The lowest BCUT2D eigenvalue weighted by molar-refractivity contribution is -0.136. The second-order valence-corrected chi connectivity index (χ2v) is 4.28. The molecule has 0 fully saturated rings. The van der Waals surface area contributed by atoms with E-state index in [-0.39, 0.29) is 24.8 Å². The molecule has 3 N–H and O–H groups in total. The summed E-state index contributed by atoms with van der Waals surface area (Å²) in [6.45, 7) is 1.91. The van der Waals surface area contributed by atoms with Crippen LogP contribution in [0.1, 0.15) is 18.9 Å². The van der Waals surface area contributed by atoms with Crippen LogP contribution in [0.5, 0.6) is 0 Å². The Morgan fingerprint density at radius 2 is 1.95 bits per heavy atom. The van der Waals surface area contributed by atoms with Crippen LogP contribution in [0.2, 0.25) is 0 Å². The second-order valence-electron chi connectivity index (χ2n) is 4.28. The van der Waals surface area contributed by atoms with Crippen molar-refractivity contribution in [1.82, 2.24) is 10.6 Å². The van der Waals surface area contributed by atoms with Gasteiger partial charge in [0.15, 0.2) is 0 Å². The number of carbonyl (C=O) groups is 2. The number of aliphatic carboxylic acids is 1. The van der Waals surface area contributed by atoms with Crippen LogP contribution in [0.3, 0.4) is 0 Å². The van der Waals surface area contributed by atoms with Crippen LogP contribution in [0.15, 0.2) is 24.3 Å². The van der Waals surface area contributed by atoms with Gasteiger partial charge < -0.3 is 15.7 Å². The molecule has 0 spiro atoms. The molecule has 0 aliphatic heterocycles. The van der Waals surface area contributed by atoms with Crippen molar-refractivity contribution in [2.75, 3.05) is 6.54 Å². The Hall–Kier alpha value is -2.11. The molecule has 1 unspecified atom stereocenters. The van der Waals surface area contributed by atoms with Gasteiger partial charge in [0.05, 0.1) is 6.42 Å². The number of carboxylic acids is 1. The number of amides is 2. The van der Waals surface area contributed by atoms with Gasteiger partial charge in [-0.1, -0.05) is 12.1 Å². The summed E-state index contributed by atoms with van der Waals surface area (Å²) in [6.07, 6.45) is 0.465. The van der Waals surface area contributed by atoms with Crippen molar-refractivity contribution in [1.29, 1.82) is 0 Å². The van der Waals surface area contributed by atoms with Gasteiger partial charge in [0.2, 0.25) is 0 Å². The molecule has 1 rings (SSSR count). The van der Waals surface area contributed by atoms with Crippen LogP contribution in [0.4, 0.5) is 9.18 Å². The number of benzene rings is 1. The number of hydrogen-bond donors (Lipinski definition) is 3. The van der Waals surface area contributed by atoms with Crippen molar-refractivity contribution in [3.05, 3.63) is 35.6 Å². The number of carboxylic acid groups (broad SMARTS) is 1. The van der Waals surface area contributed by atoms with E-state index >= 15 is 0 Å². The van der Waals surface area contributed by atoms with Gasteiger partial charge in [-0.25, -0.2) is 9.18 Å². The molecule has 0 heterocycles. The molecular formula is C13H17FN2O3. The van der Waals surface area contributed by atoms with Crippen LogP contribution in [-0.4, -0.2) is 29.7 Å². The first-order valence-electron chi connectivity index (χ1n) is 5.98. The van der Waals surface area contributed by atoms with E-state index in [0.717, 1.165) is 5.56 Å². The maximum Gasteiger partial charge on any atom is 0.315 e. The Balaban J connectivity index is 2.30. The van der Waals surface area contributed by atoms with Crippen LogP contribution in [-0.2, 0) is 11.2 Å². The first kappa shape index (κ1) is 14.9. The predicted molar refractivity (Wildman–Crippen MR) is 68.4 cm³/mol. The highest BCUT2D eigenvalue weighted by molar-refractivity contribution is 5.75. The molecule has 6 heteroatoms. The van der Waals surface area contributed by atoms with Gasteiger partial charge in [-0.3, -0.25) is 4.79 Å². The Morgan fingerprint density at radius 3 is 2.53 bits per heavy atom. The maximum atomic E-state index is 12.7. The zero-order chi connectivity index (χ0) is 14.3. The van der Waals surface area contributed by atoms with Gasteiger partial charge in [0.1, 0.15) is 5.82 Å². The lowest BCUT2D eigenvalue weighted by atomic mass is 10.1. The largest absolute Gasteiger partial charge is 0.481 e. The van der Waals surface area contributed by atoms with Crippen molar-refractivity contribution < 1.29 is 19.1 Å². The van der Waals surface area contributed by atoms with Gasteiger partial charge >= 0.3 is 12.0 Å². The van der Waals surface area contributed by atoms with Crippen molar-refractivity contribution in [3.63, 3.8) is 0 Å². The van der Waals surface area contributed by atoms with Crippen molar-refractivity contribution in [2.24, 2.45) is 0 Å². The van der Waals surface area contributed by atoms with Crippen LogP contribution >= 0.6 is 0 Å². The average molecular weight is 268 g/mol. The number of carbonyl (C=O) groups excluding carboxylic acids is 1. The first-order valence-corrected chi connectivity index (χ1v) is 5.98. The van der Waals surface area contributed by atoms with E-state index in [1.807, 2.05) is 6.92 Å². The molecule has 1 aromatic carbocycles. The minimum Gasteiger partial charge on any atom is -0.481 e. The molecule has 5 nitrogen and oxygen atoms in total. The molecule has 0 saturated heterocycles. The molecule has 0 bridgehead atoms. The molecule has 2 amide bonds. The van der Waals surface area contributed by atoms with E-state index in [4.69, 9.17) is 5.11 Å². The summed E-state index contributed by atoms with van der Waals surface area (Å²) in [7, 11) is 0. The van der Waals surface area contributed by atoms with E-state index in [1.165, 1.54) is 12.1 Å². The molecule has 1 aromatic rings. The Labute approximate surface area is 110 Å². The number of hydrogen-bond acceptors (Lipinski definition) is 2. The molecule has 0 aliphatic rings. The van der Waals surface area contributed by atoms with Crippen molar-refractivity contribution >= 4 is 12.0 Å². The van der Waals surface area contributed by atoms with Crippen LogP contribution in [0.25, 0.3) is 0 Å². The fraction of sp³-hybridized carbons (Fsp3) is 0.385. The third-order valence-electron chi connectivity index (χ3n) is 2.46. The molecule has 0 radical (unpaired) electrons. The van der Waals surface area contributed by atoms with Crippen LogP contribution < -0.4 is 10.6 Å². The molecule has 19 heavy (non-hydrogen) atoms. The standard InChI is InChI=1S/C13H17FN2O3/c1-9(8-10-2-4-11(14)5-3-10)16-13(19)15-7-6-12(17)18/h2-5,9H,6-8H2,1H3,(H,17,18)(H2,15,16,19). The van der Waals surface area contributed by atoms with Gasteiger partial charge in [0.25, 0.3) is 0 Å². The Kier molecular flexibility index (Phi) is 5.78. The van der Waals surface area contributed by atoms with E-state index in [9.17, 15) is 14.0 Å². The van der Waals surface area contributed by atoms with Gasteiger partial charge in [0, 0.05) is 12.6 Å². The highest BCUT2D eigenvalue weighted by atomic mass is 19.1. The number of halogens is 1. The quantitative estimate of drug-likeness (QED) is 0.732. The SMILES string of the molecule is CC(Cc1ccc(F)cc1)NC(=O)NCCC(=O)O. The lowest BCUT2D eigenvalue weighted by Crippen LogP contribution is -2.42. The minimum atomic E-state index is -0.959. The monoisotopic (exact) mass is 268 g/mol. The third kappa shape index (κ3) is 6.40. The smallest absolute Gasteiger partial charge is 0.315 e. The molecule has 0 saturated carbocycles. The summed E-state index contributed by atoms with van der Waals surface area (Å²) in [5.41, 5.74) is 0.916.